The van der Waals surface area contributed by atoms with Crippen LogP contribution in [-0.4, -0.2) is 30.2 Å². The molecule has 0 bridgehead atoms. The molecule has 0 aliphatic rings. The van der Waals surface area contributed by atoms with E-state index in [4.69, 9.17) is 4.74 Å². The zero-order chi connectivity index (χ0) is 18.7. The van der Waals surface area contributed by atoms with Gasteiger partial charge in [-0.3, -0.25) is 0 Å². The van der Waals surface area contributed by atoms with Crippen LogP contribution in [0.15, 0.2) is 66.9 Å². The Labute approximate surface area is 160 Å². The first-order valence-corrected chi connectivity index (χ1v) is 9.32. The summed E-state index contributed by atoms with van der Waals surface area (Å²) in [5.41, 5.74) is 2.53. The van der Waals surface area contributed by atoms with Gasteiger partial charge in [-0.25, -0.2) is 4.98 Å². The van der Waals surface area contributed by atoms with E-state index in [1.165, 1.54) is 11.1 Å². The van der Waals surface area contributed by atoms with E-state index in [2.05, 4.69) is 50.9 Å². The number of nitrogens with zero attached hydrogens (tertiary/aromatic N) is 2. The fraction of sp³-hybridized carbons (Fsp3) is 0.273. The fourth-order valence-electron chi connectivity index (χ4n) is 2.91. The van der Waals surface area contributed by atoms with Crippen LogP contribution in [0.25, 0.3) is 0 Å². The number of benzene rings is 2. The van der Waals surface area contributed by atoms with Gasteiger partial charge in [0.05, 0.1) is 7.11 Å². The third-order valence-electron chi connectivity index (χ3n) is 4.32. The van der Waals surface area contributed by atoms with E-state index in [1.807, 2.05) is 30.3 Å². The van der Waals surface area contributed by atoms with Gasteiger partial charge in [-0.15, -0.1) is 0 Å². The van der Waals surface area contributed by atoms with Gasteiger partial charge in [-0.2, -0.15) is 4.98 Å². The highest BCUT2D eigenvalue weighted by Gasteiger charge is 2.03. The van der Waals surface area contributed by atoms with Gasteiger partial charge in [0.15, 0.2) is 0 Å². The average molecular weight is 362 g/mol. The zero-order valence-corrected chi connectivity index (χ0v) is 15.7. The lowest BCUT2D eigenvalue weighted by molar-refractivity contribution is 0.410. The molecule has 27 heavy (non-hydrogen) atoms. The summed E-state index contributed by atoms with van der Waals surface area (Å²) >= 11 is 0. The normalized spacial score (nSPS) is 10.4. The average Bonchev–Trinajstić information content (AvgIpc) is 2.73. The number of aromatic nitrogens is 2. The smallest absolute Gasteiger partial charge is 0.224 e. The summed E-state index contributed by atoms with van der Waals surface area (Å²) in [5, 5.41) is 6.65. The molecule has 2 N–H and O–H groups in total. The Morgan fingerprint density at radius 1 is 0.852 bits per heavy atom. The summed E-state index contributed by atoms with van der Waals surface area (Å²) in [4.78, 5) is 8.82. The largest absolute Gasteiger partial charge is 0.496 e. The van der Waals surface area contributed by atoms with Gasteiger partial charge in [-0.1, -0.05) is 48.5 Å². The van der Waals surface area contributed by atoms with Crippen LogP contribution in [-0.2, 0) is 12.8 Å². The third-order valence-corrected chi connectivity index (χ3v) is 4.32. The predicted molar refractivity (Wildman–Crippen MR) is 110 cm³/mol. The summed E-state index contributed by atoms with van der Waals surface area (Å²) in [6.45, 7) is 1.63. The fourth-order valence-corrected chi connectivity index (χ4v) is 2.91. The number of hydrogen-bond acceptors (Lipinski definition) is 5. The maximum atomic E-state index is 5.39. The standard InChI is InChI=1S/C22H26N4O/c1-27-20-12-6-5-11-19(20)13-16-24-22-25-17-14-21(26-22)23-15-7-10-18-8-3-2-4-9-18/h2-6,8-9,11-12,14,17H,7,10,13,15-16H2,1H3,(H2,23,24,25,26). The molecule has 0 fully saturated rings. The molecule has 140 valence electrons. The van der Waals surface area contributed by atoms with Crippen LogP contribution in [0, 0.1) is 0 Å². The second-order valence-electron chi connectivity index (χ2n) is 6.27. The van der Waals surface area contributed by atoms with Gasteiger partial charge in [-0.05, 0) is 42.5 Å². The third kappa shape index (κ3) is 5.99. The van der Waals surface area contributed by atoms with Gasteiger partial charge in [0.25, 0.3) is 0 Å². The lowest BCUT2D eigenvalue weighted by Crippen LogP contribution is -2.10. The topological polar surface area (TPSA) is 59.1 Å². The molecule has 0 aliphatic heterocycles. The van der Waals surface area contributed by atoms with Crippen LogP contribution in [0.2, 0.25) is 0 Å². The minimum Gasteiger partial charge on any atom is -0.496 e. The molecule has 0 saturated heterocycles. The number of hydrogen-bond donors (Lipinski definition) is 2. The van der Waals surface area contributed by atoms with Crippen molar-refractivity contribution < 1.29 is 4.74 Å². The number of para-hydroxylation sites is 1. The van der Waals surface area contributed by atoms with Crippen molar-refractivity contribution in [2.75, 3.05) is 30.8 Å². The summed E-state index contributed by atoms with van der Waals surface area (Å²) in [5.74, 6) is 2.39. The second kappa shape index (κ2) is 10.2. The van der Waals surface area contributed by atoms with Crippen molar-refractivity contribution in [3.8, 4) is 5.75 Å². The van der Waals surface area contributed by atoms with E-state index in [0.29, 0.717) is 5.95 Å². The Hall–Kier alpha value is -3.08. The number of anilines is 2. The molecule has 1 heterocycles. The van der Waals surface area contributed by atoms with E-state index < -0.39 is 0 Å². The molecule has 3 rings (SSSR count). The van der Waals surface area contributed by atoms with Gasteiger partial charge < -0.3 is 15.4 Å². The molecule has 0 spiro atoms. The van der Waals surface area contributed by atoms with Crippen molar-refractivity contribution in [3.05, 3.63) is 78.0 Å². The van der Waals surface area contributed by atoms with E-state index in [9.17, 15) is 0 Å². The van der Waals surface area contributed by atoms with Crippen LogP contribution in [0.1, 0.15) is 17.5 Å². The van der Waals surface area contributed by atoms with Crippen LogP contribution in [0.4, 0.5) is 11.8 Å². The first kappa shape index (κ1) is 18.7. The minimum atomic E-state index is 0.637. The van der Waals surface area contributed by atoms with Crippen molar-refractivity contribution in [2.45, 2.75) is 19.3 Å². The molecular formula is C22H26N4O. The summed E-state index contributed by atoms with van der Waals surface area (Å²) in [7, 11) is 1.70. The maximum Gasteiger partial charge on any atom is 0.224 e. The molecule has 5 nitrogen and oxygen atoms in total. The molecule has 0 radical (unpaired) electrons. The SMILES string of the molecule is COc1ccccc1CCNc1nccc(NCCCc2ccccc2)n1. The van der Waals surface area contributed by atoms with Crippen LogP contribution in [0.3, 0.4) is 0 Å². The molecule has 5 heteroatoms. The van der Waals surface area contributed by atoms with E-state index >= 15 is 0 Å². The highest BCUT2D eigenvalue weighted by atomic mass is 16.5. The van der Waals surface area contributed by atoms with Crippen molar-refractivity contribution in [1.29, 1.82) is 0 Å². The second-order valence-corrected chi connectivity index (χ2v) is 6.27. The maximum absolute atomic E-state index is 5.39. The Bertz CT molecular complexity index is 823. The molecule has 2 aromatic carbocycles. The lowest BCUT2D eigenvalue weighted by Gasteiger charge is -2.10. The Kier molecular flexibility index (Phi) is 7.04. The zero-order valence-electron chi connectivity index (χ0n) is 15.7. The van der Waals surface area contributed by atoms with Crippen LogP contribution in [0.5, 0.6) is 5.75 Å². The quantitative estimate of drug-likeness (QED) is 0.530. The van der Waals surface area contributed by atoms with E-state index in [0.717, 1.165) is 43.9 Å². The van der Waals surface area contributed by atoms with E-state index in [1.54, 1.807) is 13.3 Å². The first-order valence-electron chi connectivity index (χ1n) is 9.32. The minimum absolute atomic E-state index is 0.637. The van der Waals surface area contributed by atoms with Gasteiger partial charge in [0.1, 0.15) is 11.6 Å². The lowest BCUT2D eigenvalue weighted by atomic mass is 10.1. The summed E-state index contributed by atoms with van der Waals surface area (Å²) < 4.78 is 5.39. The molecule has 1 aromatic heterocycles. The molecule has 0 aliphatic carbocycles. The molecule has 0 saturated carbocycles. The Morgan fingerprint density at radius 3 is 2.52 bits per heavy atom. The van der Waals surface area contributed by atoms with Crippen molar-refractivity contribution in [1.82, 2.24) is 9.97 Å². The van der Waals surface area contributed by atoms with Gasteiger partial charge in [0.2, 0.25) is 5.95 Å². The first-order chi connectivity index (χ1) is 13.3. The summed E-state index contributed by atoms with van der Waals surface area (Å²) in [6.07, 6.45) is 4.74. The monoisotopic (exact) mass is 362 g/mol. The van der Waals surface area contributed by atoms with Crippen LogP contribution < -0.4 is 15.4 Å². The van der Waals surface area contributed by atoms with Gasteiger partial charge >= 0.3 is 0 Å². The summed E-state index contributed by atoms with van der Waals surface area (Å²) in [6, 6.07) is 20.5. The van der Waals surface area contributed by atoms with Crippen LogP contribution >= 0.6 is 0 Å². The number of aryl methyl sites for hydroxylation is 1. The Morgan fingerprint density at radius 2 is 1.67 bits per heavy atom. The molecule has 0 atom stereocenters. The Balaban J connectivity index is 1.43. The number of methoxy groups -OCH3 is 1. The molecule has 3 aromatic rings. The number of rotatable bonds is 10. The van der Waals surface area contributed by atoms with Crippen molar-refractivity contribution in [2.24, 2.45) is 0 Å². The molecular weight excluding hydrogens is 336 g/mol. The highest BCUT2D eigenvalue weighted by molar-refractivity contribution is 5.40. The van der Waals surface area contributed by atoms with Gasteiger partial charge in [0, 0.05) is 19.3 Å². The highest BCUT2D eigenvalue weighted by Crippen LogP contribution is 2.17. The molecule has 0 unspecified atom stereocenters. The predicted octanol–water partition coefficient (Wildman–Crippen LogP) is 4.18. The van der Waals surface area contributed by atoms with Crippen molar-refractivity contribution in [3.63, 3.8) is 0 Å². The number of nitrogens with one attached hydrogen (secondary N) is 2. The van der Waals surface area contributed by atoms with Crippen molar-refractivity contribution >= 4 is 11.8 Å². The molecule has 0 amide bonds. The van der Waals surface area contributed by atoms with E-state index in [-0.39, 0.29) is 0 Å². The number of ether oxygens (including phenoxy) is 1.